The molecule has 0 aliphatic heterocycles. The van der Waals surface area contributed by atoms with E-state index in [1.54, 1.807) is 11.8 Å². The van der Waals surface area contributed by atoms with Crippen molar-refractivity contribution in [2.45, 2.75) is 37.7 Å². The minimum absolute atomic E-state index is 0.0539. The number of amides is 1. The number of nitrogens with one attached hydrogen (secondary N) is 1. The zero-order valence-corrected chi connectivity index (χ0v) is 14.2. The van der Waals surface area contributed by atoms with Gasteiger partial charge in [0.25, 0.3) is 0 Å². The van der Waals surface area contributed by atoms with Crippen LogP contribution in [-0.4, -0.2) is 11.2 Å². The highest BCUT2D eigenvalue weighted by Crippen LogP contribution is 2.20. The highest BCUT2D eigenvalue weighted by atomic mass is 32.2. The Bertz CT molecular complexity index is 593. The first-order valence-electron chi connectivity index (χ1n) is 7.62. The molecule has 0 aliphatic carbocycles. The number of rotatable bonds is 6. The smallest absolute Gasteiger partial charge is 0.237 e. The molecule has 0 aromatic heterocycles. The van der Waals surface area contributed by atoms with E-state index >= 15 is 0 Å². The number of hydrogen-bond acceptors (Lipinski definition) is 2. The van der Waals surface area contributed by atoms with E-state index in [4.69, 9.17) is 0 Å². The predicted octanol–water partition coefficient (Wildman–Crippen LogP) is 5.07. The molecule has 0 fully saturated rings. The second kappa shape index (κ2) is 8.04. The quantitative estimate of drug-likeness (QED) is 0.806. The molecule has 0 spiro atoms. The molecule has 0 saturated carbocycles. The summed E-state index contributed by atoms with van der Waals surface area (Å²) in [5.74, 6) is 1.41. The van der Waals surface area contributed by atoms with Crippen LogP contribution in [0.15, 0.2) is 54.6 Å². The van der Waals surface area contributed by atoms with E-state index in [1.807, 2.05) is 37.3 Å². The van der Waals surface area contributed by atoms with Gasteiger partial charge in [-0.1, -0.05) is 56.3 Å². The van der Waals surface area contributed by atoms with E-state index in [2.05, 4.69) is 43.4 Å². The van der Waals surface area contributed by atoms with Crippen molar-refractivity contribution >= 4 is 23.4 Å². The molecule has 0 radical (unpaired) electrons. The lowest BCUT2D eigenvalue weighted by Gasteiger charge is -2.13. The Morgan fingerprint density at radius 3 is 2.23 bits per heavy atom. The molecule has 0 bridgehead atoms. The molecule has 1 atom stereocenters. The minimum Gasteiger partial charge on any atom is -0.325 e. The summed E-state index contributed by atoms with van der Waals surface area (Å²) in [6.07, 6.45) is 0. The summed E-state index contributed by atoms with van der Waals surface area (Å²) in [5, 5.41) is 2.91. The maximum atomic E-state index is 12.2. The van der Waals surface area contributed by atoms with Crippen LogP contribution in [0.25, 0.3) is 0 Å². The van der Waals surface area contributed by atoms with Gasteiger partial charge in [-0.3, -0.25) is 4.79 Å². The fourth-order valence-electron chi connectivity index (χ4n) is 2.07. The first-order valence-corrected chi connectivity index (χ1v) is 8.67. The predicted molar refractivity (Wildman–Crippen MR) is 96.4 cm³/mol. The average Bonchev–Trinajstić information content (AvgIpc) is 2.54. The van der Waals surface area contributed by atoms with Crippen LogP contribution < -0.4 is 5.32 Å². The van der Waals surface area contributed by atoms with E-state index in [9.17, 15) is 4.79 Å². The third-order valence-corrected chi connectivity index (χ3v) is 4.77. The highest BCUT2D eigenvalue weighted by molar-refractivity contribution is 7.99. The molecule has 116 valence electrons. The van der Waals surface area contributed by atoms with Crippen molar-refractivity contribution in [1.82, 2.24) is 0 Å². The van der Waals surface area contributed by atoms with Crippen molar-refractivity contribution in [2.24, 2.45) is 0 Å². The van der Waals surface area contributed by atoms with Gasteiger partial charge in [0.1, 0.15) is 0 Å². The van der Waals surface area contributed by atoms with Crippen molar-refractivity contribution in [3.05, 3.63) is 65.7 Å². The molecule has 0 saturated heterocycles. The summed E-state index contributed by atoms with van der Waals surface area (Å²) in [6, 6.07) is 18.3. The Morgan fingerprint density at radius 2 is 1.64 bits per heavy atom. The van der Waals surface area contributed by atoms with Gasteiger partial charge in [-0.25, -0.2) is 0 Å². The van der Waals surface area contributed by atoms with Gasteiger partial charge >= 0.3 is 0 Å². The molecule has 0 heterocycles. The van der Waals surface area contributed by atoms with Crippen molar-refractivity contribution in [2.75, 3.05) is 5.32 Å². The fourth-order valence-corrected chi connectivity index (χ4v) is 2.91. The Kier molecular flexibility index (Phi) is 6.08. The van der Waals surface area contributed by atoms with Crippen molar-refractivity contribution < 1.29 is 4.79 Å². The number of carbonyl (C=O) groups excluding carboxylic acids is 1. The number of hydrogen-bond donors (Lipinski definition) is 1. The second-order valence-corrected chi connectivity index (χ2v) is 7.03. The molecule has 1 N–H and O–H groups in total. The van der Waals surface area contributed by atoms with Crippen molar-refractivity contribution in [3.8, 4) is 0 Å². The van der Waals surface area contributed by atoms with Gasteiger partial charge in [0.2, 0.25) is 5.91 Å². The Morgan fingerprint density at radius 1 is 1.00 bits per heavy atom. The maximum absolute atomic E-state index is 12.2. The Balaban J connectivity index is 1.85. The van der Waals surface area contributed by atoms with Crippen LogP contribution in [-0.2, 0) is 10.5 Å². The summed E-state index contributed by atoms with van der Waals surface area (Å²) in [4.78, 5) is 12.2. The SMILES string of the molecule is CC(C)c1ccc(NC(=O)[C@H](C)SCc2ccccc2)cc1. The lowest BCUT2D eigenvalue weighted by atomic mass is 10.0. The average molecular weight is 313 g/mol. The van der Waals surface area contributed by atoms with Gasteiger partial charge in [0.05, 0.1) is 5.25 Å². The molecule has 1 amide bonds. The summed E-state index contributed by atoms with van der Waals surface area (Å²) >= 11 is 1.65. The van der Waals surface area contributed by atoms with Gasteiger partial charge in [0, 0.05) is 11.4 Å². The van der Waals surface area contributed by atoms with Crippen LogP contribution in [0.4, 0.5) is 5.69 Å². The zero-order chi connectivity index (χ0) is 15.9. The largest absolute Gasteiger partial charge is 0.325 e. The number of thioether (sulfide) groups is 1. The van der Waals surface area contributed by atoms with Crippen molar-refractivity contribution in [3.63, 3.8) is 0 Å². The zero-order valence-electron chi connectivity index (χ0n) is 13.4. The lowest BCUT2D eigenvalue weighted by molar-refractivity contribution is -0.115. The highest BCUT2D eigenvalue weighted by Gasteiger charge is 2.13. The van der Waals surface area contributed by atoms with Crippen molar-refractivity contribution in [1.29, 1.82) is 0 Å². The number of anilines is 1. The van der Waals surface area contributed by atoms with E-state index in [1.165, 1.54) is 11.1 Å². The molecule has 0 unspecified atom stereocenters. The first-order chi connectivity index (χ1) is 10.6. The van der Waals surface area contributed by atoms with Gasteiger partial charge < -0.3 is 5.32 Å². The van der Waals surface area contributed by atoms with E-state index in [0.717, 1.165) is 11.4 Å². The molecular formula is C19H23NOS. The van der Waals surface area contributed by atoms with Gasteiger partial charge in [-0.15, -0.1) is 11.8 Å². The molecular weight excluding hydrogens is 290 g/mol. The van der Waals surface area contributed by atoms with E-state index in [-0.39, 0.29) is 11.2 Å². The summed E-state index contributed by atoms with van der Waals surface area (Å²) in [5.41, 5.74) is 3.39. The molecule has 2 rings (SSSR count). The standard InChI is InChI=1S/C19H23NOS/c1-14(2)17-9-11-18(12-10-17)20-19(21)15(3)22-13-16-7-5-4-6-8-16/h4-12,14-15H,13H2,1-3H3,(H,20,21)/t15-/m0/s1. The van der Waals surface area contributed by atoms with Crippen LogP contribution in [0.1, 0.15) is 37.8 Å². The van der Waals surface area contributed by atoms with Crippen LogP contribution in [0, 0.1) is 0 Å². The second-order valence-electron chi connectivity index (χ2n) is 5.70. The summed E-state index contributed by atoms with van der Waals surface area (Å²) in [7, 11) is 0. The molecule has 2 aromatic carbocycles. The molecule has 2 nitrogen and oxygen atoms in total. The lowest BCUT2D eigenvalue weighted by Crippen LogP contribution is -2.22. The maximum Gasteiger partial charge on any atom is 0.237 e. The third-order valence-electron chi connectivity index (χ3n) is 3.56. The molecule has 3 heteroatoms. The van der Waals surface area contributed by atoms with Crippen LogP contribution in [0.2, 0.25) is 0 Å². The minimum atomic E-state index is -0.0787. The fraction of sp³-hybridized carbons (Fsp3) is 0.316. The normalized spacial score (nSPS) is 12.2. The van der Waals surface area contributed by atoms with Crippen LogP contribution >= 0.6 is 11.8 Å². The molecule has 22 heavy (non-hydrogen) atoms. The molecule has 0 aliphatic rings. The van der Waals surface area contributed by atoms with E-state index in [0.29, 0.717) is 5.92 Å². The van der Waals surface area contributed by atoms with Gasteiger partial charge in [0.15, 0.2) is 0 Å². The van der Waals surface area contributed by atoms with E-state index < -0.39 is 0 Å². The molecule has 2 aromatic rings. The first kappa shape index (κ1) is 16.6. The van der Waals surface area contributed by atoms with Gasteiger partial charge in [-0.05, 0) is 36.1 Å². The topological polar surface area (TPSA) is 29.1 Å². The van der Waals surface area contributed by atoms with Crippen LogP contribution in [0.5, 0.6) is 0 Å². The summed E-state index contributed by atoms with van der Waals surface area (Å²) in [6.45, 7) is 6.27. The monoisotopic (exact) mass is 313 g/mol. The van der Waals surface area contributed by atoms with Crippen LogP contribution in [0.3, 0.4) is 0 Å². The third kappa shape index (κ3) is 4.92. The summed E-state index contributed by atoms with van der Waals surface area (Å²) < 4.78 is 0. The Hall–Kier alpha value is -1.74. The Labute approximate surface area is 137 Å². The van der Waals surface area contributed by atoms with Gasteiger partial charge in [-0.2, -0.15) is 0 Å². The number of benzene rings is 2. The number of carbonyl (C=O) groups is 1.